The second-order valence-corrected chi connectivity index (χ2v) is 11.6. The van der Waals surface area contributed by atoms with E-state index in [-0.39, 0.29) is 17.5 Å². The summed E-state index contributed by atoms with van der Waals surface area (Å²) in [6.07, 6.45) is 13.4. The van der Waals surface area contributed by atoms with Crippen LogP contribution in [0, 0.1) is 18.8 Å². The lowest BCUT2D eigenvalue weighted by atomic mass is 9.50. The fourth-order valence-corrected chi connectivity index (χ4v) is 7.77. The van der Waals surface area contributed by atoms with Crippen molar-refractivity contribution in [3.8, 4) is 5.69 Å². The van der Waals surface area contributed by atoms with Crippen LogP contribution in [0.5, 0.6) is 0 Å². The highest BCUT2D eigenvalue weighted by atomic mass is 35.5. The van der Waals surface area contributed by atoms with Crippen molar-refractivity contribution in [3.63, 3.8) is 0 Å². The summed E-state index contributed by atoms with van der Waals surface area (Å²) in [5, 5.41) is 23.1. The van der Waals surface area contributed by atoms with Gasteiger partial charge in [0.1, 0.15) is 11.3 Å². The van der Waals surface area contributed by atoms with E-state index < -0.39 is 5.60 Å². The molecule has 35 heavy (non-hydrogen) atoms. The van der Waals surface area contributed by atoms with E-state index in [9.17, 15) is 5.11 Å². The first kappa shape index (κ1) is 20.3. The SMILES string of the molecule is Cc1ncccc1C1(O)[C@@H]2CC[C@H]1N(c1cc3c(cnn3-c3cnn(C45CC(C4)C5)c3)cc1Cl)C2. The molecule has 3 atom stereocenters. The van der Waals surface area contributed by atoms with Crippen LogP contribution in [0.4, 0.5) is 5.69 Å². The van der Waals surface area contributed by atoms with E-state index in [1.165, 1.54) is 19.3 Å². The van der Waals surface area contributed by atoms with Crippen LogP contribution in [-0.4, -0.2) is 42.2 Å². The third-order valence-electron chi connectivity index (χ3n) is 9.40. The van der Waals surface area contributed by atoms with Crippen LogP contribution >= 0.6 is 11.6 Å². The Balaban J connectivity index is 1.19. The number of hydrogen-bond donors (Lipinski definition) is 1. The van der Waals surface area contributed by atoms with Gasteiger partial charge in [-0.05, 0) is 63.1 Å². The lowest BCUT2D eigenvalue weighted by molar-refractivity contribution is -0.0977. The first-order chi connectivity index (χ1) is 17.0. The molecule has 7 nitrogen and oxygen atoms in total. The molecule has 1 aliphatic heterocycles. The highest BCUT2D eigenvalue weighted by Crippen LogP contribution is 2.62. The van der Waals surface area contributed by atoms with Gasteiger partial charge in [-0.15, -0.1) is 0 Å². The predicted octanol–water partition coefficient (Wildman–Crippen LogP) is 4.57. The Morgan fingerprint density at radius 3 is 2.74 bits per heavy atom. The van der Waals surface area contributed by atoms with Gasteiger partial charge in [0.2, 0.25) is 0 Å². The molecule has 1 N–H and O–H groups in total. The molecular weight excluding hydrogens is 460 g/mol. The molecular formula is C27H27ClN6O. The second kappa shape index (κ2) is 6.65. The number of anilines is 1. The van der Waals surface area contributed by atoms with Gasteiger partial charge in [-0.25, -0.2) is 4.68 Å². The van der Waals surface area contributed by atoms with Gasteiger partial charge in [0.15, 0.2) is 0 Å². The molecule has 3 aromatic heterocycles. The van der Waals surface area contributed by atoms with Crippen molar-refractivity contribution in [3.05, 3.63) is 65.3 Å². The normalized spacial score (nSPS) is 32.8. The van der Waals surface area contributed by atoms with Gasteiger partial charge in [-0.1, -0.05) is 17.7 Å². The largest absolute Gasteiger partial charge is 0.383 e. The van der Waals surface area contributed by atoms with Crippen molar-refractivity contribution in [1.82, 2.24) is 24.5 Å². The molecule has 4 bridgehead atoms. The molecule has 4 aliphatic carbocycles. The maximum absolute atomic E-state index is 12.0. The standard InChI is InChI=1S/C27H27ClN6O/c1-16-21(3-2-6-29-16)27(35)19-4-5-25(27)32(14-19)24-8-23-18(7-22(24)28)12-31-34(23)20-13-30-33(15-20)26-9-17(10-26)11-26/h2-3,6-8,12-13,15,17,19,25,35H,4-5,9-11,14H2,1H3/t17?,19-,25-,26?,27?/m1/s1. The summed E-state index contributed by atoms with van der Waals surface area (Å²) in [5.74, 6) is 1.06. The van der Waals surface area contributed by atoms with Crippen LogP contribution in [0.25, 0.3) is 16.6 Å². The molecule has 5 aliphatic rings. The van der Waals surface area contributed by atoms with Crippen LogP contribution in [0.1, 0.15) is 43.4 Å². The van der Waals surface area contributed by atoms with Crippen molar-refractivity contribution in [1.29, 1.82) is 0 Å². The molecule has 1 unspecified atom stereocenters. The summed E-state index contributed by atoms with van der Waals surface area (Å²) in [7, 11) is 0. The molecule has 178 valence electrons. The molecule has 1 saturated heterocycles. The molecule has 1 aromatic carbocycles. The second-order valence-electron chi connectivity index (χ2n) is 11.2. The van der Waals surface area contributed by atoms with Gasteiger partial charge in [0, 0.05) is 35.3 Å². The summed E-state index contributed by atoms with van der Waals surface area (Å²) < 4.78 is 4.12. The van der Waals surface area contributed by atoms with E-state index in [0.29, 0.717) is 5.02 Å². The van der Waals surface area contributed by atoms with Crippen LogP contribution < -0.4 is 4.90 Å². The summed E-state index contributed by atoms with van der Waals surface area (Å²) in [4.78, 5) is 6.78. The van der Waals surface area contributed by atoms with Crippen molar-refractivity contribution < 1.29 is 5.11 Å². The number of aromatic nitrogens is 5. The monoisotopic (exact) mass is 486 g/mol. The zero-order valence-corrected chi connectivity index (χ0v) is 20.4. The number of benzene rings is 1. The van der Waals surface area contributed by atoms with Gasteiger partial charge >= 0.3 is 0 Å². The number of nitrogens with zero attached hydrogens (tertiary/aromatic N) is 6. The number of rotatable bonds is 4. The van der Waals surface area contributed by atoms with Gasteiger partial charge < -0.3 is 10.0 Å². The maximum atomic E-state index is 12.0. The number of piperidine rings is 1. The third kappa shape index (κ3) is 2.53. The molecule has 8 heteroatoms. The van der Waals surface area contributed by atoms with Crippen LogP contribution in [0.2, 0.25) is 5.02 Å². The van der Waals surface area contributed by atoms with E-state index in [1.54, 1.807) is 6.20 Å². The maximum Gasteiger partial charge on any atom is 0.116 e. The molecule has 4 saturated carbocycles. The minimum absolute atomic E-state index is 0.0336. The van der Waals surface area contributed by atoms with Crippen molar-refractivity contribution in [2.45, 2.75) is 56.2 Å². The summed E-state index contributed by atoms with van der Waals surface area (Å²) in [6, 6.07) is 8.06. The minimum Gasteiger partial charge on any atom is -0.383 e. The molecule has 0 spiro atoms. The Bertz CT molecular complexity index is 1490. The first-order valence-corrected chi connectivity index (χ1v) is 13.0. The number of fused-ring (bicyclic) bond motifs is 3. The molecule has 9 rings (SSSR count). The Hall–Kier alpha value is -2.90. The Kier molecular flexibility index (Phi) is 3.86. The molecule has 0 amide bonds. The van der Waals surface area contributed by atoms with E-state index in [0.717, 1.165) is 58.8 Å². The highest BCUT2D eigenvalue weighted by Gasteiger charge is 2.60. The van der Waals surface area contributed by atoms with E-state index in [2.05, 4.69) is 26.8 Å². The van der Waals surface area contributed by atoms with Crippen molar-refractivity contribution in [2.75, 3.05) is 11.4 Å². The fraction of sp³-hybridized carbons (Fsp3) is 0.444. The molecule has 4 heterocycles. The smallest absolute Gasteiger partial charge is 0.116 e. The number of pyridine rings is 1. The Morgan fingerprint density at radius 1 is 1.11 bits per heavy atom. The number of aliphatic hydroxyl groups is 1. The summed E-state index contributed by atoms with van der Waals surface area (Å²) in [6.45, 7) is 2.76. The average molecular weight is 487 g/mol. The lowest BCUT2D eigenvalue weighted by Gasteiger charge is -2.61. The quantitative estimate of drug-likeness (QED) is 0.457. The van der Waals surface area contributed by atoms with Crippen molar-refractivity contribution in [2.24, 2.45) is 11.8 Å². The van der Waals surface area contributed by atoms with E-state index in [1.807, 2.05) is 42.2 Å². The lowest BCUT2D eigenvalue weighted by Crippen LogP contribution is -2.59. The van der Waals surface area contributed by atoms with Crippen LogP contribution in [0.3, 0.4) is 0 Å². The Morgan fingerprint density at radius 2 is 1.97 bits per heavy atom. The van der Waals surface area contributed by atoms with Crippen LogP contribution in [-0.2, 0) is 11.1 Å². The first-order valence-electron chi connectivity index (χ1n) is 12.6. The zero-order valence-electron chi connectivity index (χ0n) is 19.6. The van der Waals surface area contributed by atoms with Crippen LogP contribution in [0.15, 0.2) is 49.1 Å². The number of hydrogen-bond acceptors (Lipinski definition) is 5. The van der Waals surface area contributed by atoms with Crippen molar-refractivity contribution >= 4 is 28.2 Å². The predicted molar refractivity (Wildman–Crippen MR) is 134 cm³/mol. The Labute approximate surface area is 208 Å². The highest BCUT2D eigenvalue weighted by molar-refractivity contribution is 6.34. The van der Waals surface area contributed by atoms with E-state index >= 15 is 0 Å². The third-order valence-corrected chi connectivity index (χ3v) is 9.70. The summed E-state index contributed by atoms with van der Waals surface area (Å²) >= 11 is 6.85. The zero-order chi connectivity index (χ0) is 23.5. The molecule has 0 radical (unpaired) electrons. The minimum atomic E-state index is -0.916. The van der Waals surface area contributed by atoms with E-state index in [4.69, 9.17) is 21.8 Å². The van der Waals surface area contributed by atoms with Gasteiger partial charge in [-0.3, -0.25) is 9.67 Å². The molecule has 5 fully saturated rings. The number of halogens is 1. The van der Waals surface area contributed by atoms with Gasteiger partial charge in [0.05, 0.1) is 46.4 Å². The van der Waals surface area contributed by atoms with Gasteiger partial charge in [-0.2, -0.15) is 10.2 Å². The van der Waals surface area contributed by atoms with Gasteiger partial charge in [0.25, 0.3) is 0 Å². The average Bonchev–Trinajstić information content (AvgIpc) is 3.54. The molecule has 4 aromatic rings. The summed E-state index contributed by atoms with van der Waals surface area (Å²) in [5.41, 5.74) is 4.12. The topological polar surface area (TPSA) is 72.0 Å². The number of aryl methyl sites for hydroxylation is 1. The fourth-order valence-electron chi connectivity index (χ4n) is 7.49.